The van der Waals surface area contributed by atoms with Crippen LogP contribution >= 0.6 is 11.3 Å². The van der Waals surface area contributed by atoms with Gasteiger partial charge >= 0.3 is 0 Å². The predicted molar refractivity (Wildman–Crippen MR) is 244 cm³/mol. The highest BCUT2D eigenvalue weighted by molar-refractivity contribution is 7.17. The summed E-state index contributed by atoms with van der Waals surface area (Å²) in [4.78, 5) is 5.87. The number of ether oxygens (including phenoxy) is 1. The quantitative estimate of drug-likeness (QED) is 0.162. The van der Waals surface area contributed by atoms with Gasteiger partial charge in [0.2, 0.25) is 0 Å². The summed E-state index contributed by atoms with van der Waals surface area (Å²) < 4.78 is 8.74. The lowest BCUT2D eigenvalue weighted by atomic mass is 9.80. The smallest absolute Gasteiger partial charge is 0.146 e. The monoisotopic (exact) mass is 757 g/mol. The van der Waals surface area contributed by atoms with E-state index in [1.54, 1.807) is 11.3 Å². The van der Waals surface area contributed by atoms with Gasteiger partial charge < -0.3 is 4.74 Å². The second kappa shape index (κ2) is 14.3. The molecule has 11 rings (SSSR count). The predicted octanol–water partition coefficient (Wildman–Crippen LogP) is 15.1. The normalized spacial score (nSPS) is 12.2. The van der Waals surface area contributed by atoms with Gasteiger partial charge in [-0.2, -0.15) is 0 Å². The molecule has 0 saturated heterocycles. The van der Waals surface area contributed by atoms with E-state index in [1.165, 1.54) is 5.39 Å². The molecule has 8 aromatic carbocycles. The van der Waals surface area contributed by atoms with E-state index in [0.717, 1.165) is 105 Å². The average molecular weight is 758 g/mol. The van der Waals surface area contributed by atoms with E-state index in [1.807, 2.05) is 0 Å². The number of hydrogen-bond acceptors (Lipinski definition) is 3. The number of fused-ring (bicyclic) bond motifs is 1. The maximum Gasteiger partial charge on any atom is 0.146 e. The van der Waals surface area contributed by atoms with Crippen molar-refractivity contribution in [3.63, 3.8) is 0 Å². The molecule has 1 aliphatic rings. The molecule has 0 atom stereocenters. The summed E-state index contributed by atoms with van der Waals surface area (Å²) in [5.74, 6) is 1.64. The molecule has 0 amide bonds. The Morgan fingerprint density at radius 2 is 0.862 bits per heavy atom. The van der Waals surface area contributed by atoms with Crippen LogP contribution in [0.5, 0.6) is 5.75 Å². The Balaban J connectivity index is 1.36. The number of rotatable bonds is 7. The summed E-state index contributed by atoms with van der Waals surface area (Å²) in [6, 6.07) is 73.1. The highest BCUT2D eigenvalue weighted by Crippen LogP contribution is 2.58. The Bertz CT molecular complexity index is 3140. The minimum absolute atomic E-state index is 0.816. The van der Waals surface area contributed by atoms with Crippen LogP contribution in [0.3, 0.4) is 0 Å². The molecule has 0 N–H and O–H groups in total. The van der Waals surface area contributed by atoms with Crippen LogP contribution in [-0.4, -0.2) is 4.98 Å². The van der Waals surface area contributed by atoms with Crippen LogP contribution in [0.25, 0.3) is 88.1 Å². The third kappa shape index (κ3) is 5.59. The van der Waals surface area contributed by atoms with Crippen LogP contribution in [0.2, 0.25) is 0 Å². The number of hydrogen-bond donors (Lipinski definition) is 0. The van der Waals surface area contributed by atoms with Crippen molar-refractivity contribution in [2.45, 2.75) is 0 Å². The summed E-state index contributed by atoms with van der Waals surface area (Å²) in [5, 5.41) is 5.59. The molecule has 0 bridgehead atoms. The Labute approximate surface area is 341 Å². The zero-order chi connectivity index (χ0) is 38.4. The fourth-order valence-corrected chi connectivity index (χ4v) is 9.60. The standard InChI is InChI=1S/C55H35NOS/c1-7-20-36(21-8-1)45-42-32-19-33-43-47(38-24-11-3-12-25-38)53(41-30-17-6-18-31-41)57-54(49(42)43)50(48(45)39-26-13-4-14-27-39)52-55-44(34-35-58-55)46(37-22-9-2-10-23-37)51(56-52)40-28-15-5-16-29-40/h1-35H. The molecule has 1 aliphatic heterocycles. The molecular weight excluding hydrogens is 723 g/mol. The molecule has 0 fully saturated rings. The van der Waals surface area contributed by atoms with Crippen LogP contribution in [0, 0.1) is 0 Å². The van der Waals surface area contributed by atoms with E-state index < -0.39 is 0 Å². The van der Waals surface area contributed by atoms with E-state index >= 15 is 0 Å². The van der Waals surface area contributed by atoms with Crippen molar-refractivity contribution in [2.75, 3.05) is 0 Å². The van der Waals surface area contributed by atoms with Crippen LogP contribution in [0.4, 0.5) is 0 Å². The lowest BCUT2D eigenvalue weighted by Gasteiger charge is -2.30. The minimum atomic E-state index is 0.816. The maximum absolute atomic E-state index is 7.63. The van der Waals surface area contributed by atoms with Crippen LogP contribution < -0.4 is 4.74 Å². The lowest BCUT2D eigenvalue weighted by molar-refractivity contribution is 0.521. The molecular formula is C55H35NOS. The largest absolute Gasteiger partial charge is 0.455 e. The van der Waals surface area contributed by atoms with Gasteiger partial charge in [0.15, 0.2) is 0 Å². The summed E-state index contributed by atoms with van der Waals surface area (Å²) in [5.41, 5.74) is 15.0. The first kappa shape index (κ1) is 34.0. The van der Waals surface area contributed by atoms with E-state index in [2.05, 4.69) is 212 Å². The Kier molecular flexibility index (Phi) is 8.38. The molecule has 3 heterocycles. The van der Waals surface area contributed by atoms with Crippen LogP contribution in [0.15, 0.2) is 212 Å². The molecule has 0 aliphatic carbocycles. The van der Waals surface area contributed by atoms with Gasteiger partial charge in [0.1, 0.15) is 11.5 Å². The fourth-order valence-electron chi connectivity index (χ4n) is 8.70. The molecule has 58 heavy (non-hydrogen) atoms. The first-order valence-corrected chi connectivity index (χ1v) is 20.5. The third-order valence-electron chi connectivity index (χ3n) is 11.2. The molecule has 0 spiro atoms. The molecule has 0 unspecified atom stereocenters. The fraction of sp³-hybridized carbons (Fsp3) is 0. The van der Waals surface area contributed by atoms with E-state index in [4.69, 9.17) is 9.72 Å². The molecule has 2 aromatic heterocycles. The van der Waals surface area contributed by atoms with Gasteiger partial charge in [0.25, 0.3) is 0 Å². The van der Waals surface area contributed by atoms with Crippen LogP contribution in [-0.2, 0) is 0 Å². The van der Waals surface area contributed by atoms with Crippen molar-refractivity contribution >= 4 is 43.5 Å². The Morgan fingerprint density at radius 1 is 0.362 bits per heavy atom. The molecule has 272 valence electrons. The van der Waals surface area contributed by atoms with Gasteiger partial charge in [-0.25, -0.2) is 4.98 Å². The minimum Gasteiger partial charge on any atom is -0.455 e. The molecule has 0 saturated carbocycles. The van der Waals surface area contributed by atoms with Crippen molar-refractivity contribution in [2.24, 2.45) is 0 Å². The van der Waals surface area contributed by atoms with Crippen LogP contribution in [0.1, 0.15) is 16.7 Å². The van der Waals surface area contributed by atoms with E-state index in [9.17, 15) is 0 Å². The third-order valence-corrected chi connectivity index (χ3v) is 12.1. The summed E-state index contributed by atoms with van der Waals surface area (Å²) >= 11 is 1.74. The van der Waals surface area contributed by atoms with Gasteiger partial charge in [0.05, 0.1) is 21.7 Å². The first-order valence-electron chi connectivity index (χ1n) is 19.6. The number of nitrogens with zero attached hydrogens (tertiary/aromatic N) is 1. The SMILES string of the molecule is c1ccc(C2=C(c3ccccc3)c3cccc4c(-c5ccccc5)c(-c5ccccc5)c(-c5nc(-c6ccccc6)c(-c6ccccc6)c6ccsc56)c(c34)O2)cc1. The lowest BCUT2D eigenvalue weighted by Crippen LogP contribution is -2.10. The van der Waals surface area contributed by atoms with Crippen molar-refractivity contribution in [3.8, 4) is 61.6 Å². The number of benzene rings is 8. The van der Waals surface area contributed by atoms with Crippen molar-refractivity contribution in [3.05, 3.63) is 228 Å². The average Bonchev–Trinajstić information content (AvgIpc) is 3.80. The van der Waals surface area contributed by atoms with Gasteiger partial charge in [-0.05, 0) is 50.2 Å². The second-order valence-electron chi connectivity index (χ2n) is 14.5. The highest BCUT2D eigenvalue weighted by Gasteiger charge is 2.34. The zero-order valence-electron chi connectivity index (χ0n) is 31.5. The van der Waals surface area contributed by atoms with E-state index in [-0.39, 0.29) is 0 Å². The van der Waals surface area contributed by atoms with Gasteiger partial charge in [0, 0.05) is 38.6 Å². The topological polar surface area (TPSA) is 22.1 Å². The second-order valence-corrected chi connectivity index (χ2v) is 15.4. The summed E-state index contributed by atoms with van der Waals surface area (Å²) in [6.45, 7) is 0. The van der Waals surface area contributed by atoms with Gasteiger partial charge in [-0.15, -0.1) is 11.3 Å². The first-order chi connectivity index (χ1) is 28.8. The zero-order valence-corrected chi connectivity index (χ0v) is 32.3. The molecule has 0 radical (unpaired) electrons. The van der Waals surface area contributed by atoms with Crippen molar-refractivity contribution < 1.29 is 4.74 Å². The van der Waals surface area contributed by atoms with E-state index in [0.29, 0.717) is 0 Å². The molecule has 2 nitrogen and oxygen atoms in total. The van der Waals surface area contributed by atoms with Crippen molar-refractivity contribution in [1.29, 1.82) is 0 Å². The number of thiophene rings is 1. The highest BCUT2D eigenvalue weighted by atomic mass is 32.1. The van der Waals surface area contributed by atoms with Gasteiger partial charge in [-0.1, -0.05) is 200 Å². The van der Waals surface area contributed by atoms with Gasteiger partial charge in [-0.3, -0.25) is 0 Å². The Morgan fingerprint density at radius 3 is 1.45 bits per heavy atom. The number of aromatic nitrogens is 1. The number of pyridine rings is 1. The summed E-state index contributed by atoms with van der Waals surface area (Å²) in [7, 11) is 0. The maximum atomic E-state index is 7.63. The molecule has 10 aromatic rings. The van der Waals surface area contributed by atoms with Crippen molar-refractivity contribution in [1.82, 2.24) is 4.98 Å². The molecule has 3 heteroatoms. The Hall–Kier alpha value is -7.33. The summed E-state index contributed by atoms with van der Waals surface area (Å²) in [6.07, 6.45) is 0.